The van der Waals surface area contributed by atoms with E-state index in [1.807, 2.05) is 0 Å². The van der Waals surface area contributed by atoms with Crippen molar-refractivity contribution in [3.63, 3.8) is 0 Å². The number of hydrogen-bond donors (Lipinski definition) is 7. The van der Waals surface area contributed by atoms with E-state index in [9.17, 15) is 56.7 Å². The average molecular weight is 1040 g/mol. The van der Waals surface area contributed by atoms with Crippen molar-refractivity contribution < 1.29 is 105 Å². The van der Waals surface area contributed by atoms with Gasteiger partial charge in [-0.1, -0.05) is 82.7 Å². The van der Waals surface area contributed by atoms with E-state index in [0.29, 0.717) is 11.1 Å². The van der Waals surface area contributed by atoms with Crippen molar-refractivity contribution in [2.75, 3.05) is 20.8 Å². The maximum atomic E-state index is 15.0. The van der Waals surface area contributed by atoms with E-state index in [0.717, 1.165) is 16.9 Å². The molecule has 7 amide bonds. The molecule has 2 fully saturated rings. The Kier molecular flexibility index (Phi) is 23.3. The predicted molar refractivity (Wildman–Crippen MR) is 250 cm³/mol. The van der Waals surface area contributed by atoms with Crippen LogP contribution in [0.3, 0.4) is 0 Å². The van der Waals surface area contributed by atoms with E-state index in [2.05, 4.69) is 30.8 Å². The molecule has 4 rings (SSSR count). The van der Waals surface area contributed by atoms with E-state index in [1.54, 1.807) is 44.2 Å². The van der Waals surface area contributed by atoms with E-state index >= 15 is 4.79 Å². The van der Waals surface area contributed by atoms with Crippen LogP contribution in [0.2, 0.25) is 0 Å². The maximum absolute atomic E-state index is 15.0. The molecule has 2 aliphatic rings. The second-order valence-electron chi connectivity index (χ2n) is 17.7. The first-order valence-electron chi connectivity index (χ1n) is 23.0. The van der Waals surface area contributed by atoms with Crippen molar-refractivity contribution in [1.29, 1.82) is 0 Å². The summed E-state index contributed by atoms with van der Waals surface area (Å²) < 4.78 is 48.2. The Hall–Kier alpha value is -5.47. The van der Waals surface area contributed by atoms with Crippen LogP contribution in [-0.2, 0) is 75.3 Å². The second-order valence-corrected chi connectivity index (χ2v) is 18.8. The molecule has 390 valence electrons. The molecule has 0 aliphatic carbocycles. The number of allylic oxidation sites excluding steroid dienone is 1. The molecule has 2 heterocycles. The minimum atomic E-state index is -5.24. The van der Waals surface area contributed by atoms with Crippen LogP contribution >= 0.6 is 0 Å². The zero-order valence-electron chi connectivity index (χ0n) is 41.8. The van der Waals surface area contributed by atoms with Gasteiger partial charge in [0.2, 0.25) is 34.0 Å². The zero-order chi connectivity index (χ0) is 52.9. The number of rotatable bonds is 15. The Morgan fingerprint density at radius 3 is 2.10 bits per heavy atom. The maximum Gasteiger partial charge on any atom is 1.00 e. The first-order chi connectivity index (χ1) is 33.4. The molecule has 2 aromatic carbocycles. The van der Waals surface area contributed by atoms with Gasteiger partial charge in [-0.05, 0) is 61.8 Å². The number of phenolic OH excluding ortho intramolecular Hbond substituents is 1. The van der Waals surface area contributed by atoms with Crippen molar-refractivity contribution in [3.8, 4) is 5.75 Å². The van der Waals surface area contributed by atoms with Gasteiger partial charge in [0.1, 0.15) is 66.6 Å². The molecule has 7 N–H and O–H groups in total. The number of benzene rings is 2. The average Bonchev–Trinajstić information content (AvgIpc) is 3.32. The third kappa shape index (κ3) is 16.5. The number of aliphatic hydroxyl groups excluding tert-OH is 1. The molecule has 0 saturated carbocycles. The van der Waals surface area contributed by atoms with Gasteiger partial charge in [-0.3, -0.25) is 37.7 Å². The number of phenols is 1. The molecule has 2 bridgehead atoms. The van der Waals surface area contributed by atoms with Crippen LogP contribution in [-0.4, -0.2) is 156 Å². The monoisotopic (exact) mass is 1040 g/mol. The van der Waals surface area contributed by atoms with Crippen molar-refractivity contribution >= 4 is 57.7 Å². The third-order valence-electron chi connectivity index (χ3n) is 12.4. The number of nitrogens with one attached hydrogen (secondary N) is 5. The number of piperidine rings is 1. The van der Waals surface area contributed by atoms with Crippen LogP contribution in [0.15, 0.2) is 66.4 Å². The molecular weight excluding hydrogens is 974 g/mol. The topological polar surface area (TPSA) is 329 Å². The van der Waals surface area contributed by atoms with E-state index in [-0.39, 0.29) is 67.4 Å². The Balaban J connectivity index is 0.0000137. The quantitative estimate of drug-likeness (QED) is 0.0298. The van der Waals surface area contributed by atoms with Gasteiger partial charge in [-0.15, -0.1) is 0 Å². The number of methoxy groups -OCH3 is 1. The van der Waals surface area contributed by atoms with Gasteiger partial charge < -0.3 is 60.6 Å². The fourth-order valence-electron chi connectivity index (χ4n) is 7.96. The van der Waals surface area contributed by atoms with Crippen LogP contribution in [0, 0.1) is 11.8 Å². The zero-order valence-corrected chi connectivity index (χ0v) is 44.6. The molecule has 0 radical (unpaired) electrons. The number of carbonyl (C=O) groups is 8. The van der Waals surface area contributed by atoms with Gasteiger partial charge in [-0.2, -0.15) is 0 Å². The fourth-order valence-corrected chi connectivity index (χ4v) is 8.25. The number of amides is 7. The molecule has 72 heavy (non-hydrogen) atoms. The van der Waals surface area contributed by atoms with Gasteiger partial charge in [0.25, 0.3) is 17.7 Å². The van der Waals surface area contributed by atoms with Gasteiger partial charge >= 0.3 is 35.5 Å². The van der Waals surface area contributed by atoms with Gasteiger partial charge in [0.15, 0.2) is 6.10 Å². The summed E-state index contributed by atoms with van der Waals surface area (Å²) in [5.41, 5.74) is 0.636. The summed E-state index contributed by atoms with van der Waals surface area (Å²) >= 11 is 0. The number of aromatic hydroxyl groups is 1. The standard InChI is InChI=1S/C47H65N7O16S.Na/c1-9-26(5)38-47(64)70-27(6)39(52-43(60)37(25(3)4)50-42(59)35(68-8)24-69-71(65,66)67)44(61)48-31(10-2)40(57)49-32-20-21-36(56)54(45(32)62)34(23-28-14-12-11-13-15-28)46(63)53(7)33(41(58)51-38)22-29-16-18-30(55)19-17-29;/h10-19,25-27,32-39,55-56H,9,20-24H2,1-8H3,(H,48,61)(H,49,57)(H,50,59)(H,51,58)(H,52,60)(H,65,66,67);/q;+1/p-1/b31-10-;/t26-,27-,32+,33+,34+,35-,36-,37+,38+,39+;/m1./s1. The van der Waals surface area contributed by atoms with Crippen LogP contribution in [0.1, 0.15) is 71.9 Å². The van der Waals surface area contributed by atoms with Crippen molar-refractivity contribution in [2.45, 2.75) is 128 Å². The van der Waals surface area contributed by atoms with Crippen LogP contribution in [0.25, 0.3) is 0 Å². The first-order valence-corrected chi connectivity index (χ1v) is 24.4. The summed E-state index contributed by atoms with van der Waals surface area (Å²) in [6, 6.07) is 5.39. The number of carbonyl (C=O) groups excluding carboxylic acids is 8. The van der Waals surface area contributed by atoms with Crippen molar-refractivity contribution in [2.24, 2.45) is 11.8 Å². The molecule has 25 heteroatoms. The molecule has 2 saturated heterocycles. The number of nitrogens with zero attached hydrogens (tertiary/aromatic N) is 2. The number of hydrogen-bond acceptors (Lipinski definition) is 16. The molecule has 23 nitrogen and oxygen atoms in total. The van der Waals surface area contributed by atoms with Crippen molar-refractivity contribution in [3.05, 3.63) is 77.5 Å². The summed E-state index contributed by atoms with van der Waals surface area (Å²) in [4.78, 5) is 116. The summed E-state index contributed by atoms with van der Waals surface area (Å²) in [6.07, 6.45) is -3.88. The number of aliphatic hydroxyl groups is 1. The molecule has 0 spiro atoms. The first kappa shape index (κ1) is 60.8. The molecular formula is C47H64N7NaO16S. The largest absolute Gasteiger partial charge is 1.00 e. The summed E-state index contributed by atoms with van der Waals surface area (Å²) in [5.74, 6) is -9.29. The molecule has 2 aliphatic heterocycles. The number of likely N-dealkylation sites (N-methyl/N-ethyl adjacent to an activating group) is 1. The van der Waals surface area contributed by atoms with Crippen LogP contribution in [0.5, 0.6) is 5.75 Å². The Bertz CT molecular complexity index is 2390. The van der Waals surface area contributed by atoms with Gasteiger partial charge in [0, 0.05) is 27.0 Å². The molecule has 10 atom stereocenters. The van der Waals surface area contributed by atoms with E-state index < -0.39 is 137 Å². The Labute approximate surface area is 440 Å². The molecule has 2 aromatic rings. The number of ether oxygens (including phenoxy) is 2. The molecule has 0 unspecified atom stereocenters. The minimum Gasteiger partial charge on any atom is -0.726 e. The third-order valence-corrected chi connectivity index (χ3v) is 12.8. The summed E-state index contributed by atoms with van der Waals surface area (Å²) in [5, 5.41) is 34.1. The number of esters is 1. The molecule has 0 aromatic heterocycles. The van der Waals surface area contributed by atoms with E-state index in [1.165, 1.54) is 65.1 Å². The summed E-state index contributed by atoms with van der Waals surface area (Å²) in [7, 11) is -2.89. The smallest absolute Gasteiger partial charge is 0.726 e. The number of fused-ring (bicyclic) bond motifs is 2. The van der Waals surface area contributed by atoms with Gasteiger partial charge in [-0.25, -0.2) is 13.2 Å². The Morgan fingerprint density at radius 1 is 0.917 bits per heavy atom. The Morgan fingerprint density at radius 2 is 1.53 bits per heavy atom. The van der Waals surface area contributed by atoms with Gasteiger partial charge in [0.05, 0.1) is 0 Å². The van der Waals surface area contributed by atoms with Crippen LogP contribution in [0.4, 0.5) is 0 Å². The predicted octanol–water partition coefficient (Wildman–Crippen LogP) is -3.58. The van der Waals surface area contributed by atoms with E-state index in [4.69, 9.17) is 9.47 Å². The number of cyclic esters (lactones) is 1. The second kappa shape index (κ2) is 27.5. The van der Waals surface area contributed by atoms with Crippen LogP contribution < -0.4 is 56.1 Å². The van der Waals surface area contributed by atoms with Crippen molar-refractivity contribution in [1.82, 2.24) is 36.4 Å². The normalized spacial score (nSPS) is 24.8. The summed E-state index contributed by atoms with van der Waals surface area (Å²) in [6.45, 7) is 7.98. The SMILES string of the molecule is C/C=C1\NC(=O)[C@@H](NC(=O)[C@@H](NC(=O)[C@@H](COS(=O)(=O)[O-])OC)C(C)C)[C@@H](C)OC(=O)[C@H]([C@H](C)CC)NC(=O)[C@H](Cc2ccc(O)cc2)N(C)C(=O)[C@H](Cc2ccccc2)N2C(=O)[C@H](CC[C@H]2O)NC1=O.[Na+]. The fraction of sp³-hybridized carbons (Fsp3) is 0.532. The minimum absolute atomic E-state index is 0.